The third kappa shape index (κ3) is 2.98. The van der Waals surface area contributed by atoms with Crippen LogP contribution in [0.3, 0.4) is 0 Å². The standard InChI is InChI=1S/C12H13Cl2N3O2/c1-19-11(18)3-5-17-10(2-4-13)16-9-7-15-6-8(14)12(9)17/h6-7H,2-5H2,1H3. The highest BCUT2D eigenvalue weighted by Gasteiger charge is 2.14. The number of alkyl halides is 1. The first-order valence-electron chi connectivity index (χ1n) is 5.78. The van der Waals surface area contributed by atoms with E-state index in [2.05, 4.69) is 14.7 Å². The highest BCUT2D eigenvalue weighted by atomic mass is 35.5. The normalized spacial score (nSPS) is 10.9. The SMILES string of the molecule is COC(=O)CCn1c(CCCl)nc2cncc(Cl)c21. The molecule has 0 atom stereocenters. The molecule has 0 spiro atoms. The predicted molar refractivity (Wildman–Crippen MR) is 73.6 cm³/mol. The minimum Gasteiger partial charge on any atom is -0.469 e. The molecule has 0 bridgehead atoms. The Bertz CT molecular complexity index is 598. The van der Waals surface area contributed by atoms with E-state index in [0.29, 0.717) is 29.4 Å². The number of halogens is 2. The van der Waals surface area contributed by atoms with Gasteiger partial charge in [0.15, 0.2) is 0 Å². The number of nitrogens with zero attached hydrogens (tertiary/aromatic N) is 3. The minimum absolute atomic E-state index is 0.260. The Morgan fingerprint density at radius 2 is 2.26 bits per heavy atom. The number of hydrogen-bond acceptors (Lipinski definition) is 4. The van der Waals surface area contributed by atoms with E-state index in [1.54, 1.807) is 12.4 Å². The van der Waals surface area contributed by atoms with Crippen LogP contribution in [0.25, 0.3) is 11.0 Å². The van der Waals surface area contributed by atoms with E-state index >= 15 is 0 Å². The molecule has 2 aromatic heterocycles. The fourth-order valence-corrected chi connectivity index (χ4v) is 2.34. The molecule has 2 aromatic rings. The fraction of sp³-hybridized carbons (Fsp3) is 0.417. The lowest BCUT2D eigenvalue weighted by Crippen LogP contribution is -2.10. The number of hydrogen-bond donors (Lipinski definition) is 0. The molecule has 0 radical (unpaired) electrons. The molecule has 0 aliphatic carbocycles. The van der Waals surface area contributed by atoms with E-state index in [1.807, 2.05) is 4.57 Å². The van der Waals surface area contributed by atoms with Crippen LogP contribution in [0.15, 0.2) is 12.4 Å². The molecular formula is C12H13Cl2N3O2. The van der Waals surface area contributed by atoms with E-state index in [-0.39, 0.29) is 12.4 Å². The van der Waals surface area contributed by atoms with Crippen molar-refractivity contribution in [1.82, 2.24) is 14.5 Å². The molecule has 0 amide bonds. The van der Waals surface area contributed by atoms with Gasteiger partial charge in [-0.2, -0.15) is 0 Å². The molecule has 2 rings (SSSR count). The van der Waals surface area contributed by atoms with Crippen LogP contribution in [0.1, 0.15) is 12.2 Å². The zero-order valence-corrected chi connectivity index (χ0v) is 11.9. The summed E-state index contributed by atoms with van der Waals surface area (Å²) in [5.74, 6) is 0.972. The van der Waals surface area contributed by atoms with Gasteiger partial charge in [0.2, 0.25) is 0 Å². The number of methoxy groups -OCH3 is 1. The first-order chi connectivity index (χ1) is 9.17. The van der Waals surface area contributed by atoms with Gasteiger partial charge in [0.1, 0.15) is 11.3 Å². The molecule has 0 saturated heterocycles. The van der Waals surface area contributed by atoms with Crippen molar-refractivity contribution in [1.29, 1.82) is 0 Å². The van der Waals surface area contributed by atoms with Crippen LogP contribution in [-0.4, -0.2) is 33.5 Å². The molecule has 19 heavy (non-hydrogen) atoms. The van der Waals surface area contributed by atoms with Gasteiger partial charge in [0.05, 0.1) is 30.3 Å². The molecule has 102 valence electrons. The van der Waals surface area contributed by atoms with Gasteiger partial charge in [-0.15, -0.1) is 11.6 Å². The lowest BCUT2D eigenvalue weighted by Gasteiger charge is -2.08. The van der Waals surface area contributed by atoms with Gasteiger partial charge in [-0.1, -0.05) is 11.6 Å². The lowest BCUT2D eigenvalue weighted by molar-refractivity contribution is -0.140. The molecule has 2 heterocycles. The summed E-state index contributed by atoms with van der Waals surface area (Å²) in [4.78, 5) is 19.7. The topological polar surface area (TPSA) is 57.0 Å². The molecule has 5 nitrogen and oxygen atoms in total. The van der Waals surface area contributed by atoms with Crippen LogP contribution < -0.4 is 0 Å². The Kier molecular flexibility index (Phi) is 4.61. The van der Waals surface area contributed by atoms with E-state index in [4.69, 9.17) is 23.2 Å². The lowest BCUT2D eigenvalue weighted by atomic mass is 10.3. The number of rotatable bonds is 5. The van der Waals surface area contributed by atoms with Gasteiger partial charge in [0.25, 0.3) is 0 Å². The molecule has 0 N–H and O–H groups in total. The zero-order chi connectivity index (χ0) is 13.8. The van der Waals surface area contributed by atoms with Crippen LogP contribution in [-0.2, 0) is 22.5 Å². The summed E-state index contributed by atoms with van der Waals surface area (Å²) in [7, 11) is 1.37. The predicted octanol–water partition coefficient (Wildman–Crippen LogP) is 2.43. The summed E-state index contributed by atoms with van der Waals surface area (Å²) in [6.45, 7) is 0.457. The van der Waals surface area contributed by atoms with E-state index in [0.717, 1.165) is 11.3 Å². The number of pyridine rings is 1. The average Bonchev–Trinajstić information content (AvgIpc) is 2.75. The summed E-state index contributed by atoms with van der Waals surface area (Å²) < 4.78 is 6.55. The van der Waals surface area contributed by atoms with Crippen molar-refractivity contribution in [2.45, 2.75) is 19.4 Å². The van der Waals surface area contributed by atoms with Crippen LogP contribution in [0.4, 0.5) is 0 Å². The van der Waals surface area contributed by atoms with Gasteiger partial charge in [-0.3, -0.25) is 9.78 Å². The summed E-state index contributed by atoms with van der Waals surface area (Å²) in [5.41, 5.74) is 1.48. The highest BCUT2D eigenvalue weighted by molar-refractivity contribution is 6.34. The van der Waals surface area contributed by atoms with Gasteiger partial charge in [0, 0.05) is 25.0 Å². The Morgan fingerprint density at radius 3 is 2.95 bits per heavy atom. The van der Waals surface area contributed by atoms with Gasteiger partial charge in [-0.05, 0) is 0 Å². The first-order valence-corrected chi connectivity index (χ1v) is 6.70. The first kappa shape index (κ1) is 14.1. The van der Waals surface area contributed by atoms with Crippen LogP contribution in [0, 0.1) is 0 Å². The highest BCUT2D eigenvalue weighted by Crippen LogP contribution is 2.24. The maximum atomic E-state index is 11.3. The second-order valence-electron chi connectivity index (χ2n) is 3.93. The van der Waals surface area contributed by atoms with E-state index in [1.165, 1.54) is 7.11 Å². The minimum atomic E-state index is -0.274. The Hall–Kier alpha value is -1.33. The van der Waals surface area contributed by atoms with Gasteiger partial charge >= 0.3 is 5.97 Å². The van der Waals surface area contributed by atoms with Crippen molar-refractivity contribution in [3.63, 3.8) is 0 Å². The quantitative estimate of drug-likeness (QED) is 0.629. The maximum absolute atomic E-state index is 11.3. The second kappa shape index (κ2) is 6.21. The molecule has 0 saturated carbocycles. The molecule has 0 aliphatic rings. The van der Waals surface area contributed by atoms with Crippen molar-refractivity contribution in [3.05, 3.63) is 23.2 Å². The molecule has 0 aromatic carbocycles. The van der Waals surface area contributed by atoms with Crippen LogP contribution in [0.2, 0.25) is 5.02 Å². The average molecular weight is 302 g/mol. The maximum Gasteiger partial charge on any atom is 0.307 e. The van der Waals surface area contributed by atoms with Crippen molar-refractivity contribution in [2.24, 2.45) is 0 Å². The molecule has 0 unspecified atom stereocenters. The van der Waals surface area contributed by atoms with Crippen molar-refractivity contribution in [2.75, 3.05) is 13.0 Å². The smallest absolute Gasteiger partial charge is 0.307 e. The van der Waals surface area contributed by atoms with E-state index < -0.39 is 0 Å². The third-order valence-corrected chi connectivity index (χ3v) is 3.24. The zero-order valence-electron chi connectivity index (χ0n) is 10.4. The van der Waals surface area contributed by atoms with Crippen LogP contribution >= 0.6 is 23.2 Å². The van der Waals surface area contributed by atoms with Crippen molar-refractivity contribution < 1.29 is 9.53 Å². The molecule has 7 heteroatoms. The van der Waals surface area contributed by atoms with Crippen LogP contribution in [0.5, 0.6) is 0 Å². The van der Waals surface area contributed by atoms with Gasteiger partial charge in [-0.25, -0.2) is 4.98 Å². The molecule has 0 aliphatic heterocycles. The second-order valence-corrected chi connectivity index (χ2v) is 4.72. The summed E-state index contributed by atoms with van der Waals surface area (Å²) in [5, 5.41) is 0.510. The Labute approximate surface area is 120 Å². The van der Waals surface area contributed by atoms with Crippen molar-refractivity contribution in [3.8, 4) is 0 Å². The number of ether oxygens (including phenoxy) is 1. The Balaban J connectivity index is 2.42. The molecule has 0 fully saturated rings. The summed E-state index contributed by atoms with van der Waals surface area (Å²) in [6, 6.07) is 0. The monoisotopic (exact) mass is 301 g/mol. The van der Waals surface area contributed by atoms with Gasteiger partial charge < -0.3 is 9.30 Å². The van der Waals surface area contributed by atoms with E-state index in [9.17, 15) is 4.79 Å². The summed E-state index contributed by atoms with van der Waals surface area (Å²) >= 11 is 11.9. The summed E-state index contributed by atoms with van der Waals surface area (Å²) in [6.07, 6.45) is 4.07. The number of imidazole rings is 1. The molecular weight excluding hydrogens is 289 g/mol. The number of fused-ring (bicyclic) bond motifs is 1. The number of carbonyl (C=O) groups is 1. The van der Waals surface area contributed by atoms with Crippen molar-refractivity contribution >= 4 is 40.2 Å². The number of aryl methyl sites for hydroxylation is 2. The third-order valence-electron chi connectivity index (χ3n) is 2.77. The number of carbonyl (C=O) groups excluding carboxylic acids is 1. The largest absolute Gasteiger partial charge is 0.469 e. The Morgan fingerprint density at radius 1 is 1.47 bits per heavy atom. The number of aromatic nitrogens is 3. The fourth-order valence-electron chi connectivity index (χ4n) is 1.92. The number of esters is 1.